The molecule has 15 heavy (non-hydrogen) atoms. The zero-order valence-electron chi connectivity index (χ0n) is 9.88. The van der Waals surface area contributed by atoms with E-state index in [1.807, 2.05) is 0 Å². The van der Waals surface area contributed by atoms with Gasteiger partial charge in [0.1, 0.15) is 0 Å². The molecule has 2 heteroatoms. The van der Waals surface area contributed by atoms with Crippen LogP contribution in [0.2, 0.25) is 0 Å². The number of anilines is 1. The van der Waals surface area contributed by atoms with E-state index in [2.05, 4.69) is 49.2 Å². The number of hydrogen-bond donors (Lipinski definition) is 1. The maximum atomic E-state index is 3.47. The van der Waals surface area contributed by atoms with Crippen molar-refractivity contribution in [3.8, 4) is 0 Å². The third-order valence-electron chi connectivity index (χ3n) is 3.06. The second-order valence-electron chi connectivity index (χ2n) is 4.59. The molecule has 1 aliphatic heterocycles. The van der Waals surface area contributed by atoms with Gasteiger partial charge in [0, 0.05) is 31.4 Å². The van der Waals surface area contributed by atoms with Gasteiger partial charge < -0.3 is 10.2 Å². The highest BCUT2D eigenvalue weighted by molar-refractivity contribution is 5.54. The van der Waals surface area contributed by atoms with E-state index in [0.29, 0.717) is 6.04 Å². The Labute approximate surface area is 92.3 Å². The first-order valence-electron chi connectivity index (χ1n) is 5.72. The molecular formula is C13H20N2. The minimum atomic E-state index is 0.597. The van der Waals surface area contributed by atoms with Gasteiger partial charge in [-0.15, -0.1) is 0 Å². The predicted octanol–water partition coefficient (Wildman–Crippen LogP) is 2.10. The molecule has 0 aromatic heterocycles. The van der Waals surface area contributed by atoms with Crippen molar-refractivity contribution in [1.29, 1.82) is 0 Å². The molecule has 1 aromatic rings. The zero-order chi connectivity index (χ0) is 10.8. The summed E-state index contributed by atoms with van der Waals surface area (Å²) in [5.41, 5.74) is 4.14. The number of hydrogen-bond acceptors (Lipinski definition) is 2. The number of rotatable bonds is 1. The molecule has 0 aliphatic carbocycles. The van der Waals surface area contributed by atoms with E-state index in [1.54, 1.807) is 0 Å². The molecule has 1 aromatic carbocycles. The van der Waals surface area contributed by atoms with Crippen LogP contribution < -0.4 is 10.2 Å². The Morgan fingerprint density at radius 1 is 1.33 bits per heavy atom. The van der Waals surface area contributed by atoms with Crippen LogP contribution in [-0.4, -0.2) is 25.7 Å². The van der Waals surface area contributed by atoms with Crippen molar-refractivity contribution in [3.63, 3.8) is 0 Å². The van der Waals surface area contributed by atoms with Gasteiger partial charge in [-0.1, -0.05) is 17.7 Å². The summed E-state index contributed by atoms with van der Waals surface area (Å²) in [6.45, 7) is 9.93. The molecule has 1 N–H and O–H groups in total. The van der Waals surface area contributed by atoms with E-state index < -0.39 is 0 Å². The minimum absolute atomic E-state index is 0.597. The predicted molar refractivity (Wildman–Crippen MR) is 65.6 cm³/mol. The Balaban J connectivity index is 2.21. The standard InChI is InChI=1S/C13H20N2/c1-10-4-5-13(11(2)8-10)15-7-6-14-12(3)9-15/h4-5,8,12,14H,6-7,9H2,1-3H3. The molecule has 2 nitrogen and oxygen atoms in total. The summed E-state index contributed by atoms with van der Waals surface area (Å²) in [6.07, 6.45) is 0. The number of nitrogens with zero attached hydrogens (tertiary/aromatic N) is 1. The lowest BCUT2D eigenvalue weighted by atomic mass is 10.1. The van der Waals surface area contributed by atoms with Crippen molar-refractivity contribution in [2.75, 3.05) is 24.5 Å². The van der Waals surface area contributed by atoms with Gasteiger partial charge in [-0.05, 0) is 32.4 Å². The van der Waals surface area contributed by atoms with Gasteiger partial charge in [-0.2, -0.15) is 0 Å². The summed E-state index contributed by atoms with van der Waals surface area (Å²) < 4.78 is 0. The van der Waals surface area contributed by atoms with E-state index in [9.17, 15) is 0 Å². The van der Waals surface area contributed by atoms with Gasteiger partial charge in [0.05, 0.1) is 0 Å². The second kappa shape index (κ2) is 4.23. The Morgan fingerprint density at radius 2 is 2.13 bits per heavy atom. The maximum Gasteiger partial charge on any atom is 0.0397 e. The average molecular weight is 204 g/mol. The summed E-state index contributed by atoms with van der Waals surface area (Å²) in [4.78, 5) is 2.48. The largest absolute Gasteiger partial charge is 0.368 e. The molecule has 82 valence electrons. The van der Waals surface area contributed by atoms with Gasteiger partial charge in [0.15, 0.2) is 0 Å². The molecular weight excluding hydrogens is 184 g/mol. The molecule has 1 unspecified atom stereocenters. The lowest BCUT2D eigenvalue weighted by Crippen LogP contribution is -2.49. The smallest absolute Gasteiger partial charge is 0.0397 e. The first-order chi connectivity index (χ1) is 7.16. The topological polar surface area (TPSA) is 15.3 Å². The molecule has 0 saturated carbocycles. The molecule has 0 spiro atoms. The summed E-state index contributed by atoms with van der Waals surface area (Å²) >= 11 is 0. The monoisotopic (exact) mass is 204 g/mol. The van der Waals surface area contributed by atoms with Crippen LogP contribution in [0.4, 0.5) is 5.69 Å². The van der Waals surface area contributed by atoms with Crippen molar-refractivity contribution in [3.05, 3.63) is 29.3 Å². The molecule has 1 atom stereocenters. The Hall–Kier alpha value is -1.02. The van der Waals surface area contributed by atoms with Crippen LogP contribution in [0.1, 0.15) is 18.1 Å². The minimum Gasteiger partial charge on any atom is -0.368 e. The molecule has 2 rings (SSSR count). The normalized spacial score (nSPS) is 21.8. The van der Waals surface area contributed by atoms with Crippen LogP contribution >= 0.6 is 0 Å². The maximum absolute atomic E-state index is 3.47. The van der Waals surface area contributed by atoms with Gasteiger partial charge in [-0.3, -0.25) is 0 Å². The fourth-order valence-electron chi connectivity index (χ4n) is 2.31. The number of aryl methyl sites for hydroxylation is 2. The molecule has 1 aliphatic rings. The van der Waals surface area contributed by atoms with E-state index in [0.717, 1.165) is 19.6 Å². The van der Waals surface area contributed by atoms with Crippen molar-refractivity contribution >= 4 is 5.69 Å². The Bertz CT molecular complexity index is 346. The van der Waals surface area contributed by atoms with Gasteiger partial charge in [-0.25, -0.2) is 0 Å². The lowest BCUT2D eigenvalue weighted by Gasteiger charge is -2.34. The highest BCUT2D eigenvalue weighted by Crippen LogP contribution is 2.22. The number of nitrogens with one attached hydrogen (secondary N) is 1. The van der Waals surface area contributed by atoms with Crippen LogP contribution in [-0.2, 0) is 0 Å². The Kier molecular flexibility index (Phi) is 2.96. The summed E-state index contributed by atoms with van der Waals surface area (Å²) in [7, 11) is 0. The molecule has 1 saturated heterocycles. The highest BCUT2D eigenvalue weighted by atomic mass is 15.2. The second-order valence-corrected chi connectivity index (χ2v) is 4.59. The fourth-order valence-corrected chi connectivity index (χ4v) is 2.31. The fraction of sp³-hybridized carbons (Fsp3) is 0.538. The van der Waals surface area contributed by atoms with Gasteiger partial charge in [0.2, 0.25) is 0 Å². The van der Waals surface area contributed by atoms with E-state index >= 15 is 0 Å². The van der Waals surface area contributed by atoms with E-state index in [4.69, 9.17) is 0 Å². The van der Waals surface area contributed by atoms with Crippen molar-refractivity contribution in [2.24, 2.45) is 0 Å². The average Bonchev–Trinajstić information content (AvgIpc) is 2.17. The molecule has 0 bridgehead atoms. The highest BCUT2D eigenvalue weighted by Gasteiger charge is 2.16. The van der Waals surface area contributed by atoms with E-state index in [-0.39, 0.29) is 0 Å². The summed E-state index contributed by atoms with van der Waals surface area (Å²) in [5, 5.41) is 3.47. The first-order valence-corrected chi connectivity index (χ1v) is 5.72. The van der Waals surface area contributed by atoms with E-state index in [1.165, 1.54) is 16.8 Å². The van der Waals surface area contributed by atoms with Crippen LogP contribution in [0.3, 0.4) is 0 Å². The molecule has 0 amide bonds. The Morgan fingerprint density at radius 3 is 2.80 bits per heavy atom. The van der Waals surface area contributed by atoms with Crippen LogP contribution in [0.15, 0.2) is 18.2 Å². The van der Waals surface area contributed by atoms with Crippen molar-refractivity contribution in [1.82, 2.24) is 5.32 Å². The summed E-state index contributed by atoms with van der Waals surface area (Å²) in [6, 6.07) is 7.32. The van der Waals surface area contributed by atoms with Gasteiger partial charge in [0.25, 0.3) is 0 Å². The first kappa shape index (κ1) is 10.5. The summed E-state index contributed by atoms with van der Waals surface area (Å²) in [5.74, 6) is 0. The molecule has 1 heterocycles. The number of piperazine rings is 1. The number of benzene rings is 1. The molecule has 1 fully saturated rings. The molecule has 0 radical (unpaired) electrons. The van der Waals surface area contributed by atoms with Crippen molar-refractivity contribution < 1.29 is 0 Å². The SMILES string of the molecule is Cc1ccc(N2CCNC(C)C2)c(C)c1. The lowest BCUT2D eigenvalue weighted by molar-refractivity contribution is 0.484. The third-order valence-corrected chi connectivity index (χ3v) is 3.06. The van der Waals surface area contributed by atoms with Crippen LogP contribution in [0, 0.1) is 13.8 Å². The van der Waals surface area contributed by atoms with Gasteiger partial charge >= 0.3 is 0 Å². The quantitative estimate of drug-likeness (QED) is 0.753. The van der Waals surface area contributed by atoms with Crippen LogP contribution in [0.5, 0.6) is 0 Å². The zero-order valence-corrected chi connectivity index (χ0v) is 9.88. The van der Waals surface area contributed by atoms with Crippen LogP contribution in [0.25, 0.3) is 0 Å². The third kappa shape index (κ3) is 2.32. The van der Waals surface area contributed by atoms with Crippen molar-refractivity contribution in [2.45, 2.75) is 26.8 Å².